The zero-order valence-electron chi connectivity index (χ0n) is 7.49. The van der Waals surface area contributed by atoms with E-state index in [-0.39, 0.29) is 5.56 Å². The normalized spacial score (nSPS) is 15.7. The molecule has 0 saturated carbocycles. The van der Waals surface area contributed by atoms with Gasteiger partial charge in [-0.2, -0.15) is 0 Å². The number of hydrogen-bond acceptors (Lipinski definition) is 3. The van der Waals surface area contributed by atoms with Crippen LogP contribution in [0.25, 0.3) is 11.0 Å². The lowest BCUT2D eigenvalue weighted by molar-refractivity contribution is 0.0788. The summed E-state index contributed by atoms with van der Waals surface area (Å²) in [6.07, 6.45) is 1.73. The highest BCUT2D eigenvalue weighted by molar-refractivity contribution is 5.74. The second-order valence-corrected chi connectivity index (χ2v) is 3.28. The van der Waals surface area contributed by atoms with Crippen LogP contribution < -0.4 is 5.56 Å². The molecular weight excluding hydrogens is 182 g/mol. The molecule has 14 heavy (non-hydrogen) atoms. The van der Waals surface area contributed by atoms with Crippen LogP contribution >= 0.6 is 0 Å². The fourth-order valence-electron chi connectivity index (χ4n) is 1.74. The summed E-state index contributed by atoms with van der Waals surface area (Å²) in [6.45, 7) is 1.61. The number of rotatable bonds is 0. The predicted molar refractivity (Wildman–Crippen MR) is 50.0 cm³/mol. The van der Waals surface area contributed by atoms with E-state index in [4.69, 9.17) is 4.74 Å². The third kappa shape index (κ3) is 0.927. The van der Waals surface area contributed by atoms with E-state index >= 15 is 0 Å². The third-order valence-corrected chi connectivity index (χ3v) is 2.44. The predicted octanol–water partition coefficient (Wildman–Crippen LogP) is 0.255. The topological polar surface area (TPSA) is 59.9 Å². The van der Waals surface area contributed by atoms with Gasteiger partial charge in [0.2, 0.25) is 0 Å². The van der Waals surface area contributed by atoms with Crippen molar-refractivity contribution in [2.45, 2.75) is 13.2 Å². The summed E-state index contributed by atoms with van der Waals surface area (Å²) in [5.74, 6) is 0.705. The Morgan fingerprint density at radius 3 is 3.43 bits per heavy atom. The minimum Gasteiger partial charge on any atom is -0.372 e. The first kappa shape index (κ1) is 7.75. The van der Waals surface area contributed by atoms with Crippen LogP contribution in [0.2, 0.25) is 0 Å². The number of H-pyrrole nitrogens is 1. The van der Waals surface area contributed by atoms with Gasteiger partial charge in [0.15, 0.2) is 0 Å². The molecule has 72 valence electrons. The van der Waals surface area contributed by atoms with E-state index in [1.54, 1.807) is 16.8 Å². The van der Waals surface area contributed by atoms with Gasteiger partial charge in [-0.1, -0.05) is 0 Å². The molecule has 3 rings (SSSR count). The Morgan fingerprint density at radius 2 is 2.50 bits per heavy atom. The highest BCUT2D eigenvalue weighted by atomic mass is 16.5. The average molecular weight is 191 g/mol. The first-order valence-electron chi connectivity index (χ1n) is 4.51. The van der Waals surface area contributed by atoms with E-state index in [1.165, 1.54) is 0 Å². The molecule has 0 saturated heterocycles. The fraction of sp³-hybridized carbons (Fsp3) is 0.333. The maximum absolute atomic E-state index is 11.9. The van der Waals surface area contributed by atoms with Crippen LogP contribution in [-0.4, -0.2) is 21.1 Å². The summed E-state index contributed by atoms with van der Waals surface area (Å²) < 4.78 is 6.92. The molecule has 0 aliphatic carbocycles. The number of ether oxygens (including phenoxy) is 1. The largest absolute Gasteiger partial charge is 0.372 e. The molecule has 0 spiro atoms. The van der Waals surface area contributed by atoms with Crippen LogP contribution in [0.4, 0.5) is 0 Å². The maximum atomic E-state index is 11.9. The van der Waals surface area contributed by atoms with E-state index in [9.17, 15) is 4.79 Å². The van der Waals surface area contributed by atoms with E-state index in [2.05, 4.69) is 9.97 Å². The first-order valence-corrected chi connectivity index (χ1v) is 4.51. The number of hydrogen-bond donors (Lipinski definition) is 1. The van der Waals surface area contributed by atoms with Gasteiger partial charge in [-0.15, -0.1) is 0 Å². The number of nitrogens with one attached hydrogen (secondary N) is 1. The van der Waals surface area contributed by atoms with E-state index in [1.807, 2.05) is 0 Å². The van der Waals surface area contributed by atoms with Gasteiger partial charge < -0.3 is 9.72 Å². The van der Waals surface area contributed by atoms with Gasteiger partial charge in [-0.25, -0.2) is 4.98 Å². The highest BCUT2D eigenvalue weighted by Crippen LogP contribution is 2.09. The molecule has 1 N–H and O–H groups in total. The van der Waals surface area contributed by atoms with Crippen LogP contribution in [-0.2, 0) is 17.9 Å². The molecule has 1 aliphatic rings. The Morgan fingerprint density at radius 1 is 1.57 bits per heavy atom. The maximum Gasteiger partial charge on any atom is 0.263 e. The molecule has 0 unspecified atom stereocenters. The molecule has 0 atom stereocenters. The zero-order chi connectivity index (χ0) is 9.54. The molecule has 5 nitrogen and oxygen atoms in total. The van der Waals surface area contributed by atoms with Crippen molar-refractivity contribution in [1.29, 1.82) is 0 Å². The molecule has 0 aromatic carbocycles. The minimum atomic E-state index is 0.0227. The van der Waals surface area contributed by atoms with Crippen molar-refractivity contribution in [1.82, 2.24) is 14.5 Å². The molecule has 0 bridgehead atoms. The lowest BCUT2D eigenvalue weighted by atomic mass is 10.3. The van der Waals surface area contributed by atoms with E-state index in [0.717, 1.165) is 0 Å². The van der Waals surface area contributed by atoms with Crippen molar-refractivity contribution in [2.24, 2.45) is 0 Å². The molecule has 5 heteroatoms. The Hall–Kier alpha value is -1.62. The number of nitrogens with zero attached hydrogens (tertiary/aromatic N) is 2. The van der Waals surface area contributed by atoms with Crippen molar-refractivity contribution in [2.75, 3.05) is 6.61 Å². The molecule has 0 fully saturated rings. The third-order valence-electron chi connectivity index (χ3n) is 2.44. The quantitative estimate of drug-likeness (QED) is 0.649. The SMILES string of the molecule is O=c1c2cc[nH]c2nc2n1CCOC2. The van der Waals surface area contributed by atoms with Crippen molar-refractivity contribution in [3.05, 3.63) is 28.4 Å². The van der Waals surface area contributed by atoms with Gasteiger partial charge in [0.25, 0.3) is 5.56 Å². The minimum absolute atomic E-state index is 0.0227. The Kier molecular flexibility index (Phi) is 1.49. The van der Waals surface area contributed by atoms with Gasteiger partial charge >= 0.3 is 0 Å². The van der Waals surface area contributed by atoms with Crippen molar-refractivity contribution >= 4 is 11.0 Å². The lowest BCUT2D eigenvalue weighted by Crippen LogP contribution is -2.30. The summed E-state index contributed by atoms with van der Waals surface area (Å²) in [6, 6.07) is 1.76. The van der Waals surface area contributed by atoms with Crippen molar-refractivity contribution < 1.29 is 4.74 Å². The number of aromatic nitrogens is 3. The summed E-state index contributed by atoms with van der Waals surface area (Å²) in [5, 5.41) is 0.649. The molecule has 1 aliphatic heterocycles. The zero-order valence-corrected chi connectivity index (χ0v) is 7.49. The Labute approximate surface area is 79.3 Å². The second kappa shape index (κ2) is 2.68. The molecule has 2 aromatic heterocycles. The second-order valence-electron chi connectivity index (χ2n) is 3.28. The monoisotopic (exact) mass is 191 g/mol. The van der Waals surface area contributed by atoms with Crippen LogP contribution in [0, 0.1) is 0 Å². The summed E-state index contributed by atoms with van der Waals surface area (Å²) in [4.78, 5) is 19.1. The average Bonchev–Trinajstić information content (AvgIpc) is 2.66. The molecule has 0 amide bonds. The molecule has 0 radical (unpaired) electrons. The summed E-state index contributed by atoms with van der Waals surface area (Å²) >= 11 is 0. The van der Waals surface area contributed by atoms with Gasteiger partial charge in [0.1, 0.15) is 18.1 Å². The highest BCUT2D eigenvalue weighted by Gasteiger charge is 2.14. The van der Waals surface area contributed by atoms with Gasteiger partial charge in [0.05, 0.1) is 18.5 Å². The summed E-state index contributed by atoms with van der Waals surface area (Å²) in [5.41, 5.74) is 0.668. The Balaban J connectivity index is 2.42. The van der Waals surface area contributed by atoms with E-state index in [0.29, 0.717) is 36.6 Å². The van der Waals surface area contributed by atoms with Crippen LogP contribution in [0.5, 0.6) is 0 Å². The van der Waals surface area contributed by atoms with Crippen molar-refractivity contribution in [3.63, 3.8) is 0 Å². The van der Waals surface area contributed by atoms with Gasteiger partial charge in [-0.3, -0.25) is 9.36 Å². The lowest BCUT2D eigenvalue weighted by Gasteiger charge is -2.17. The van der Waals surface area contributed by atoms with E-state index < -0.39 is 0 Å². The summed E-state index contributed by atoms with van der Waals surface area (Å²) in [7, 11) is 0. The number of aromatic amines is 1. The molecule has 3 heterocycles. The molecular formula is C9H9N3O2. The van der Waals surface area contributed by atoms with Crippen molar-refractivity contribution in [3.8, 4) is 0 Å². The van der Waals surface area contributed by atoms with Gasteiger partial charge in [0, 0.05) is 6.20 Å². The Bertz CT molecular complexity index is 540. The number of fused-ring (bicyclic) bond motifs is 2. The van der Waals surface area contributed by atoms with Gasteiger partial charge in [-0.05, 0) is 6.07 Å². The smallest absolute Gasteiger partial charge is 0.263 e. The fourth-order valence-corrected chi connectivity index (χ4v) is 1.74. The van der Waals surface area contributed by atoms with Crippen LogP contribution in [0.3, 0.4) is 0 Å². The van der Waals surface area contributed by atoms with Crippen LogP contribution in [0.15, 0.2) is 17.1 Å². The first-order chi connectivity index (χ1) is 6.86. The van der Waals surface area contributed by atoms with Crippen LogP contribution in [0.1, 0.15) is 5.82 Å². The standard InChI is InChI=1S/C9H9N3O2/c13-9-6-1-2-10-8(6)11-7-5-14-4-3-12(7)9/h1-2,10H,3-5H2. The molecule has 2 aromatic rings.